The van der Waals surface area contributed by atoms with E-state index in [2.05, 4.69) is 56.9 Å². The highest BCUT2D eigenvalue weighted by Crippen LogP contribution is 2.26. The van der Waals surface area contributed by atoms with Crippen molar-refractivity contribution in [3.05, 3.63) is 84.2 Å². The quantitative estimate of drug-likeness (QED) is 0.133. The van der Waals surface area contributed by atoms with Crippen molar-refractivity contribution in [3.63, 3.8) is 0 Å². The average molecular weight is 555 g/mol. The van der Waals surface area contributed by atoms with Crippen LogP contribution in [0.15, 0.2) is 78.0 Å². The lowest BCUT2D eigenvalue weighted by Crippen LogP contribution is -2.17. The molecular formula is C27H25F3N6O2S. The van der Waals surface area contributed by atoms with E-state index in [9.17, 15) is 18.0 Å². The summed E-state index contributed by atoms with van der Waals surface area (Å²) in [5, 5.41) is 10.3. The fourth-order valence-electron chi connectivity index (χ4n) is 3.70. The molecule has 0 saturated carbocycles. The van der Waals surface area contributed by atoms with E-state index < -0.39 is 12.4 Å². The van der Waals surface area contributed by atoms with Crippen LogP contribution in [0.1, 0.15) is 30.9 Å². The fourth-order valence-corrected chi connectivity index (χ4v) is 3.91. The number of anilines is 2. The molecule has 0 fully saturated rings. The Morgan fingerprint density at radius 1 is 1.03 bits per heavy atom. The molecule has 0 aliphatic carbocycles. The molecule has 2 N–H and O–H groups in total. The molecule has 202 valence electrons. The summed E-state index contributed by atoms with van der Waals surface area (Å²) >= 11 is 4.32. The number of amides is 2. The van der Waals surface area contributed by atoms with Crippen LogP contribution in [0.4, 0.5) is 29.3 Å². The summed E-state index contributed by atoms with van der Waals surface area (Å²) in [7, 11) is 0. The lowest BCUT2D eigenvalue weighted by molar-refractivity contribution is -0.274. The number of nitrogens with one attached hydrogen (secondary N) is 2. The summed E-state index contributed by atoms with van der Waals surface area (Å²) in [5.41, 5.74) is 4.68. The molecule has 4 aromatic rings. The Morgan fingerprint density at radius 2 is 1.72 bits per heavy atom. The van der Waals surface area contributed by atoms with Gasteiger partial charge < -0.3 is 15.4 Å². The van der Waals surface area contributed by atoms with Gasteiger partial charge in [-0.15, -0.1) is 30.9 Å². The van der Waals surface area contributed by atoms with Crippen LogP contribution >= 0.6 is 12.6 Å². The normalized spacial score (nSPS) is 11.9. The van der Waals surface area contributed by atoms with Gasteiger partial charge in [-0.05, 0) is 78.6 Å². The van der Waals surface area contributed by atoms with Crippen LogP contribution in [0.5, 0.6) is 5.75 Å². The second-order valence-electron chi connectivity index (χ2n) is 8.87. The Kier molecular flexibility index (Phi) is 8.24. The number of alkyl halides is 3. The highest BCUT2D eigenvalue weighted by atomic mass is 32.1. The third kappa shape index (κ3) is 7.60. The number of benzene rings is 3. The SMILES string of the molecule is Cc1ccc(C(C)C)c(N/C(S)=N/C(=O)Nc2ccc(-c3ncn(-c4ccc(OC(F)(F)F)cc4)n3)cc2)c1. The van der Waals surface area contributed by atoms with E-state index in [0.29, 0.717) is 22.8 Å². The first-order valence-electron chi connectivity index (χ1n) is 11.8. The predicted octanol–water partition coefficient (Wildman–Crippen LogP) is 7.19. The van der Waals surface area contributed by atoms with Crippen LogP contribution in [0.3, 0.4) is 0 Å². The van der Waals surface area contributed by atoms with E-state index in [1.807, 2.05) is 25.1 Å². The maximum atomic E-state index is 12.4. The number of halogens is 3. The zero-order chi connectivity index (χ0) is 28.2. The minimum absolute atomic E-state index is 0.157. The first kappa shape index (κ1) is 27.7. The van der Waals surface area contributed by atoms with E-state index in [1.54, 1.807) is 24.3 Å². The van der Waals surface area contributed by atoms with Crippen LogP contribution in [0.25, 0.3) is 17.1 Å². The molecule has 0 saturated heterocycles. The van der Waals surface area contributed by atoms with Gasteiger partial charge in [0.2, 0.25) is 0 Å². The number of aryl methyl sites for hydroxylation is 1. The number of hydrogen-bond donors (Lipinski definition) is 3. The third-order valence-electron chi connectivity index (χ3n) is 5.51. The van der Waals surface area contributed by atoms with Crippen LogP contribution in [-0.2, 0) is 0 Å². The predicted molar refractivity (Wildman–Crippen MR) is 148 cm³/mol. The van der Waals surface area contributed by atoms with Gasteiger partial charge in [0, 0.05) is 16.9 Å². The molecule has 0 radical (unpaired) electrons. The van der Waals surface area contributed by atoms with Gasteiger partial charge in [0.15, 0.2) is 11.0 Å². The molecule has 39 heavy (non-hydrogen) atoms. The van der Waals surface area contributed by atoms with Gasteiger partial charge in [0.05, 0.1) is 5.69 Å². The smallest absolute Gasteiger partial charge is 0.406 e. The van der Waals surface area contributed by atoms with Crippen LogP contribution in [0.2, 0.25) is 0 Å². The van der Waals surface area contributed by atoms with Gasteiger partial charge in [-0.1, -0.05) is 26.0 Å². The molecule has 0 aliphatic heterocycles. The summed E-state index contributed by atoms with van der Waals surface area (Å²) in [6, 6.07) is 17.5. The van der Waals surface area contributed by atoms with Gasteiger partial charge in [-0.3, -0.25) is 0 Å². The van der Waals surface area contributed by atoms with Crippen molar-refractivity contribution in [1.82, 2.24) is 14.8 Å². The van der Waals surface area contributed by atoms with Crippen molar-refractivity contribution in [2.24, 2.45) is 4.99 Å². The summed E-state index contributed by atoms with van der Waals surface area (Å²) in [6.07, 6.45) is -3.32. The zero-order valence-electron chi connectivity index (χ0n) is 21.2. The number of thiol groups is 1. The fraction of sp³-hybridized carbons (Fsp3) is 0.185. The summed E-state index contributed by atoms with van der Waals surface area (Å²) < 4.78 is 42.4. The van der Waals surface area contributed by atoms with Gasteiger partial charge in [-0.25, -0.2) is 14.5 Å². The maximum Gasteiger partial charge on any atom is 0.573 e. The van der Waals surface area contributed by atoms with Crippen LogP contribution < -0.4 is 15.4 Å². The molecule has 0 atom stereocenters. The Hall–Kier alpha value is -4.32. The molecule has 0 unspecified atom stereocenters. The van der Waals surface area contributed by atoms with Gasteiger partial charge in [-0.2, -0.15) is 4.99 Å². The van der Waals surface area contributed by atoms with E-state index >= 15 is 0 Å². The van der Waals surface area contributed by atoms with Crippen LogP contribution in [-0.4, -0.2) is 32.3 Å². The lowest BCUT2D eigenvalue weighted by atomic mass is 9.99. The zero-order valence-corrected chi connectivity index (χ0v) is 22.1. The van der Waals surface area contributed by atoms with E-state index in [1.165, 1.54) is 35.3 Å². The van der Waals surface area contributed by atoms with Crippen molar-refractivity contribution >= 4 is 35.2 Å². The second kappa shape index (κ2) is 11.6. The Balaban J connectivity index is 1.39. The Bertz CT molecular complexity index is 1480. The number of aliphatic imine (C=N–C) groups is 1. The first-order valence-corrected chi connectivity index (χ1v) is 12.3. The van der Waals surface area contributed by atoms with E-state index in [-0.39, 0.29) is 16.8 Å². The summed E-state index contributed by atoms with van der Waals surface area (Å²) in [6.45, 7) is 6.14. The standard InChI is InChI=1S/C27H25F3N6O2S/c1-16(2)22-13-4-17(3)14-23(22)33-26(39)34-25(37)32-19-7-5-18(6-8-19)24-31-15-36(35-24)20-9-11-21(12-10-20)38-27(28,29)30/h4-16H,1-3H3,(H3,32,33,34,37,39). The molecule has 3 aromatic carbocycles. The molecular weight excluding hydrogens is 529 g/mol. The van der Waals surface area contributed by atoms with Crippen molar-refractivity contribution in [1.29, 1.82) is 0 Å². The van der Waals surface area contributed by atoms with Gasteiger partial charge >= 0.3 is 12.4 Å². The molecule has 1 heterocycles. The number of rotatable bonds is 6. The maximum absolute atomic E-state index is 12.4. The molecule has 4 rings (SSSR count). The summed E-state index contributed by atoms with van der Waals surface area (Å²) in [4.78, 5) is 20.6. The monoisotopic (exact) mass is 554 g/mol. The lowest BCUT2D eigenvalue weighted by Gasteiger charge is -2.15. The first-order chi connectivity index (χ1) is 18.5. The largest absolute Gasteiger partial charge is 0.573 e. The highest BCUT2D eigenvalue weighted by molar-refractivity contribution is 7.97. The minimum Gasteiger partial charge on any atom is -0.406 e. The molecule has 0 aliphatic rings. The van der Waals surface area contributed by atoms with Crippen molar-refractivity contribution in [3.8, 4) is 22.8 Å². The Labute approximate surface area is 228 Å². The molecule has 0 bridgehead atoms. The molecule has 2 amide bonds. The topological polar surface area (TPSA) is 93.4 Å². The number of carbonyl (C=O) groups excluding carboxylic acids is 1. The second-order valence-corrected chi connectivity index (χ2v) is 9.29. The average Bonchev–Trinajstić information content (AvgIpc) is 3.34. The third-order valence-corrected chi connectivity index (χ3v) is 5.72. The van der Waals surface area contributed by atoms with Gasteiger partial charge in [0.1, 0.15) is 12.1 Å². The van der Waals surface area contributed by atoms with Gasteiger partial charge in [0.25, 0.3) is 0 Å². The minimum atomic E-state index is -4.76. The van der Waals surface area contributed by atoms with E-state index in [0.717, 1.165) is 16.8 Å². The molecule has 8 nitrogen and oxygen atoms in total. The number of hydrogen-bond acceptors (Lipinski definition) is 4. The molecule has 0 spiro atoms. The molecule has 1 aromatic heterocycles. The van der Waals surface area contributed by atoms with Crippen molar-refractivity contribution < 1.29 is 22.7 Å². The number of amidine groups is 1. The number of nitrogens with zero attached hydrogens (tertiary/aromatic N) is 4. The summed E-state index contributed by atoms with van der Waals surface area (Å²) in [5.74, 6) is 0.341. The number of carbonyl (C=O) groups is 1. The highest BCUT2D eigenvalue weighted by Gasteiger charge is 2.31. The number of urea groups is 1. The van der Waals surface area contributed by atoms with Crippen LogP contribution in [0, 0.1) is 6.92 Å². The van der Waals surface area contributed by atoms with Crippen molar-refractivity contribution in [2.45, 2.75) is 33.1 Å². The Morgan fingerprint density at radius 3 is 2.36 bits per heavy atom. The van der Waals surface area contributed by atoms with E-state index in [4.69, 9.17) is 0 Å². The number of aromatic nitrogens is 3. The number of ether oxygens (including phenoxy) is 1. The van der Waals surface area contributed by atoms with Crippen molar-refractivity contribution in [2.75, 3.05) is 10.6 Å². The molecule has 12 heteroatoms.